The lowest BCUT2D eigenvalue weighted by Gasteiger charge is -2.11. The van der Waals surface area contributed by atoms with Gasteiger partial charge in [-0.1, -0.05) is 18.2 Å². The Morgan fingerprint density at radius 3 is 2.27 bits per heavy atom. The highest BCUT2D eigenvalue weighted by Gasteiger charge is 2.25. The normalized spacial score (nSPS) is 12.0. The van der Waals surface area contributed by atoms with Crippen molar-refractivity contribution < 1.29 is 24.9 Å². The van der Waals surface area contributed by atoms with Crippen molar-refractivity contribution in [3.63, 3.8) is 0 Å². The van der Waals surface area contributed by atoms with Gasteiger partial charge >= 0.3 is 11.9 Å². The van der Waals surface area contributed by atoms with Crippen LogP contribution in [0.1, 0.15) is 17.9 Å². The molecule has 3 N–H and O–H groups in total. The Balaban J connectivity index is 3.04. The molecule has 80 valence electrons. The van der Waals surface area contributed by atoms with E-state index < -0.39 is 24.3 Å². The molecule has 0 saturated carbocycles. The second-order valence-corrected chi connectivity index (χ2v) is 3.05. The van der Waals surface area contributed by atoms with Crippen molar-refractivity contribution in [1.29, 1.82) is 0 Å². The third kappa shape index (κ3) is 2.70. The number of aromatic hydroxyl groups is 1. The molecule has 1 unspecified atom stereocenters. The highest BCUT2D eigenvalue weighted by molar-refractivity contribution is 5.83. The van der Waals surface area contributed by atoms with Crippen LogP contribution < -0.4 is 0 Å². The van der Waals surface area contributed by atoms with E-state index in [1.165, 1.54) is 12.1 Å². The van der Waals surface area contributed by atoms with E-state index in [-0.39, 0.29) is 11.3 Å². The summed E-state index contributed by atoms with van der Waals surface area (Å²) in [6.07, 6.45) is -0.549. The lowest BCUT2D eigenvalue weighted by atomic mass is 9.95. The molecule has 5 nitrogen and oxygen atoms in total. The zero-order valence-corrected chi connectivity index (χ0v) is 7.75. The number of phenolic OH excluding ortho intramolecular Hbond substituents is 1. The standard InChI is InChI=1S/C10H10O5/c11-8-4-2-1-3-6(8)7(10(14)15)5-9(12)13/h1-4,7,11H,5H2,(H,12,13)(H,14,15). The highest BCUT2D eigenvalue weighted by Crippen LogP contribution is 2.28. The van der Waals surface area contributed by atoms with E-state index in [0.29, 0.717) is 0 Å². The summed E-state index contributed by atoms with van der Waals surface area (Å²) in [5, 5.41) is 26.8. The molecule has 1 aromatic rings. The van der Waals surface area contributed by atoms with E-state index in [1.807, 2.05) is 0 Å². The SMILES string of the molecule is O=C(O)CC(C(=O)O)c1ccccc1O. The minimum Gasteiger partial charge on any atom is -0.508 e. The minimum absolute atomic E-state index is 0.118. The van der Waals surface area contributed by atoms with Gasteiger partial charge in [0.15, 0.2) is 0 Å². The van der Waals surface area contributed by atoms with Gasteiger partial charge in [-0.25, -0.2) is 0 Å². The average Bonchev–Trinajstić information content (AvgIpc) is 2.15. The molecule has 0 aliphatic carbocycles. The number of aliphatic carboxylic acids is 2. The largest absolute Gasteiger partial charge is 0.508 e. The van der Waals surface area contributed by atoms with Gasteiger partial charge in [0.05, 0.1) is 12.3 Å². The Labute approximate surface area is 85.6 Å². The van der Waals surface area contributed by atoms with Crippen molar-refractivity contribution in [3.05, 3.63) is 29.8 Å². The predicted molar refractivity (Wildman–Crippen MR) is 50.7 cm³/mol. The van der Waals surface area contributed by atoms with Crippen LogP contribution in [-0.2, 0) is 9.59 Å². The molecule has 0 aliphatic rings. The molecule has 0 heterocycles. The highest BCUT2D eigenvalue weighted by atomic mass is 16.4. The first-order chi connectivity index (χ1) is 7.02. The smallest absolute Gasteiger partial charge is 0.311 e. The Hall–Kier alpha value is -2.04. The molecule has 0 aliphatic heterocycles. The van der Waals surface area contributed by atoms with E-state index in [0.717, 1.165) is 0 Å². The number of rotatable bonds is 4. The van der Waals surface area contributed by atoms with Gasteiger partial charge < -0.3 is 15.3 Å². The molecule has 0 spiro atoms. The second kappa shape index (κ2) is 4.45. The first-order valence-corrected chi connectivity index (χ1v) is 4.25. The molecule has 0 saturated heterocycles. The van der Waals surface area contributed by atoms with E-state index in [4.69, 9.17) is 10.2 Å². The average molecular weight is 210 g/mol. The fourth-order valence-electron chi connectivity index (χ4n) is 1.29. The summed E-state index contributed by atoms with van der Waals surface area (Å²) >= 11 is 0. The summed E-state index contributed by atoms with van der Waals surface area (Å²) in [7, 11) is 0. The quantitative estimate of drug-likeness (QED) is 0.690. The van der Waals surface area contributed by atoms with E-state index in [1.54, 1.807) is 12.1 Å². The molecule has 15 heavy (non-hydrogen) atoms. The fourth-order valence-corrected chi connectivity index (χ4v) is 1.29. The van der Waals surface area contributed by atoms with Crippen LogP contribution in [0.4, 0.5) is 0 Å². The molecule has 0 amide bonds. The monoisotopic (exact) mass is 210 g/mol. The van der Waals surface area contributed by atoms with Crippen molar-refractivity contribution in [2.45, 2.75) is 12.3 Å². The van der Waals surface area contributed by atoms with E-state index in [2.05, 4.69) is 0 Å². The maximum atomic E-state index is 10.8. The second-order valence-electron chi connectivity index (χ2n) is 3.05. The van der Waals surface area contributed by atoms with Gasteiger partial charge in [-0.3, -0.25) is 9.59 Å². The van der Waals surface area contributed by atoms with Gasteiger partial charge in [-0.2, -0.15) is 0 Å². The Kier molecular flexibility index (Phi) is 3.28. The first-order valence-electron chi connectivity index (χ1n) is 4.25. The predicted octanol–water partition coefficient (Wildman–Crippen LogP) is 1.04. The van der Waals surface area contributed by atoms with Crippen molar-refractivity contribution in [3.8, 4) is 5.75 Å². The molecular weight excluding hydrogens is 200 g/mol. The minimum atomic E-state index is -1.26. The summed E-state index contributed by atoms with van der Waals surface area (Å²) < 4.78 is 0. The zero-order chi connectivity index (χ0) is 11.4. The molecule has 0 aromatic heterocycles. The van der Waals surface area contributed by atoms with Gasteiger partial charge in [0.25, 0.3) is 0 Å². The fraction of sp³-hybridized carbons (Fsp3) is 0.200. The van der Waals surface area contributed by atoms with Crippen LogP contribution in [0.15, 0.2) is 24.3 Å². The molecule has 1 rings (SSSR count). The molecular formula is C10H10O5. The summed E-state index contributed by atoms with van der Waals surface area (Å²) in [6.45, 7) is 0. The molecule has 0 radical (unpaired) electrons. The van der Waals surface area contributed by atoms with Gasteiger partial charge in [-0.05, 0) is 6.07 Å². The molecule has 1 atom stereocenters. The lowest BCUT2D eigenvalue weighted by molar-refractivity contribution is -0.145. The molecule has 1 aromatic carbocycles. The van der Waals surface area contributed by atoms with Crippen molar-refractivity contribution in [1.82, 2.24) is 0 Å². The number of carboxylic acid groups (broad SMARTS) is 2. The van der Waals surface area contributed by atoms with E-state index in [9.17, 15) is 14.7 Å². The number of phenols is 1. The number of carboxylic acids is 2. The zero-order valence-electron chi connectivity index (χ0n) is 7.75. The third-order valence-electron chi connectivity index (χ3n) is 1.99. The molecule has 0 bridgehead atoms. The summed E-state index contributed by atoms with van der Waals surface area (Å²) in [5.74, 6) is -3.90. The van der Waals surface area contributed by atoms with Crippen LogP contribution in [0.25, 0.3) is 0 Å². The summed E-state index contributed by atoms with van der Waals surface area (Å²) in [6, 6.07) is 5.82. The third-order valence-corrected chi connectivity index (χ3v) is 1.99. The number of carbonyl (C=O) groups is 2. The van der Waals surface area contributed by atoms with Gasteiger partial charge in [0.1, 0.15) is 5.75 Å². The van der Waals surface area contributed by atoms with Crippen LogP contribution >= 0.6 is 0 Å². The maximum Gasteiger partial charge on any atom is 0.311 e. The molecule has 0 fully saturated rings. The first kappa shape index (κ1) is 11.0. The number of benzene rings is 1. The molecule has 5 heteroatoms. The Morgan fingerprint density at radius 1 is 1.20 bits per heavy atom. The van der Waals surface area contributed by atoms with E-state index >= 15 is 0 Å². The van der Waals surface area contributed by atoms with Gasteiger partial charge in [0, 0.05) is 5.56 Å². The Bertz CT molecular complexity index is 385. The van der Waals surface area contributed by atoms with Crippen LogP contribution in [0.5, 0.6) is 5.75 Å². The summed E-state index contributed by atoms with van der Waals surface area (Å²) in [4.78, 5) is 21.3. The Morgan fingerprint density at radius 2 is 1.80 bits per heavy atom. The lowest BCUT2D eigenvalue weighted by Crippen LogP contribution is -2.15. The number of hydrogen-bond acceptors (Lipinski definition) is 3. The topological polar surface area (TPSA) is 94.8 Å². The van der Waals surface area contributed by atoms with Crippen molar-refractivity contribution in [2.75, 3.05) is 0 Å². The van der Waals surface area contributed by atoms with Gasteiger partial charge in [-0.15, -0.1) is 0 Å². The van der Waals surface area contributed by atoms with Crippen molar-refractivity contribution in [2.24, 2.45) is 0 Å². The van der Waals surface area contributed by atoms with Crippen LogP contribution in [-0.4, -0.2) is 27.3 Å². The number of para-hydroxylation sites is 1. The van der Waals surface area contributed by atoms with Crippen LogP contribution in [0.3, 0.4) is 0 Å². The van der Waals surface area contributed by atoms with Gasteiger partial charge in [0.2, 0.25) is 0 Å². The van der Waals surface area contributed by atoms with Crippen LogP contribution in [0.2, 0.25) is 0 Å². The summed E-state index contributed by atoms with van der Waals surface area (Å²) in [5.41, 5.74) is 0.118. The number of hydrogen-bond donors (Lipinski definition) is 3. The maximum absolute atomic E-state index is 10.8. The van der Waals surface area contributed by atoms with Crippen LogP contribution in [0, 0.1) is 0 Å². The van der Waals surface area contributed by atoms with Crippen molar-refractivity contribution >= 4 is 11.9 Å².